The van der Waals surface area contributed by atoms with Crippen molar-refractivity contribution in [3.63, 3.8) is 0 Å². The van der Waals surface area contributed by atoms with Crippen LogP contribution < -0.4 is 15.4 Å². The molecule has 5 rings (SSSR count). The zero-order chi connectivity index (χ0) is 24.7. The summed E-state index contributed by atoms with van der Waals surface area (Å²) in [7, 11) is 4.79. The van der Waals surface area contributed by atoms with Crippen molar-refractivity contribution >= 4 is 22.9 Å². The van der Waals surface area contributed by atoms with E-state index in [1.54, 1.807) is 37.0 Å². The van der Waals surface area contributed by atoms with E-state index in [-0.39, 0.29) is 29.0 Å². The number of aromatic nitrogens is 5. The van der Waals surface area contributed by atoms with Crippen molar-refractivity contribution < 1.29 is 18.7 Å². The molecule has 0 saturated heterocycles. The first kappa shape index (κ1) is 23.0. The highest BCUT2D eigenvalue weighted by Crippen LogP contribution is 2.36. The minimum atomic E-state index is -0.478. The number of anilines is 1. The largest absolute Gasteiger partial charge is 0.479 e. The Balaban J connectivity index is 1.52. The first-order valence-electron chi connectivity index (χ1n) is 11.5. The van der Waals surface area contributed by atoms with Crippen LogP contribution in [0.3, 0.4) is 0 Å². The number of hydrogen-bond donors (Lipinski definition) is 2. The van der Waals surface area contributed by atoms with Crippen LogP contribution in [0.5, 0.6) is 5.88 Å². The van der Waals surface area contributed by atoms with Crippen LogP contribution in [0, 0.1) is 5.82 Å². The number of nitrogens with zero attached hydrogens (tertiary/aromatic N) is 5. The molecule has 184 valence electrons. The number of carbonyl (C=O) groups is 1. The summed E-state index contributed by atoms with van der Waals surface area (Å²) in [6.45, 7) is 2.12. The number of nitrogens with one attached hydrogen (secondary N) is 2. The molecule has 0 spiro atoms. The standard InChI is InChI=1S/C24H28FN7O3/c1-24(35-4)8-5-15(6-9-24)28-23-29-22(34-3)20-19(17(25)13-32(20)30-23)14-7-10-31-18(11-14)16(12-27-31)21(33)26-2/h7,10-13,15H,5-6,8-9H2,1-4H3,(H,26,33)(H,28,30). The molecule has 35 heavy (non-hydrogen) atoms. The number of fused-ring (bicyclic) bond motifs is 2. The van der Waals surface area contributed by atoms with Crippen LogP contribution in [0.15, 0.2) is 30.7 Å². The van der Waals surface area contributed by atoms with Gasteiger partial charge in [-0.1, -0.05) is 0 Å². The fourth-order valence-corrected chi connectivity index (χ4v) is 4.70. The van der Waals surface area contributed by atoms with Gasteiger partial charge in [-0.3, -0.25) is 4.79 Å². The molecule has 1 aliphatic rings. The lowest BCUT2D eigenvalue weighted by Gasteiger charge is -2.36. The van der Waals surface area contributed by atoms with Crippen LogP contribution in [0.4, 0.5) is 10.3 Å². The van der Waals surface area contributed by atoms with Gasteiger partial charge in [-0.15, -0.1) is 5.10 Å². The van der Waals surface area contributed by atoms with E-state index in [1.807, 2.05) is 0 Å². The van der Waals surface area contributed by atoms with E-state index in [9.17, 15) is 4.79 Å². The lowest BCUT2D eigenvalue weighted by molar-refractivity contribution is -0.0253. The molecule has 0 aliphatic heterocycles. The SMILES string of the molecule is CNC(=O)c1cnn2ccc(-c3c(F)cn4nc(NC5CCC(C)(OC)CC5)nc(OC)c34)cc12. The predicted octanol–water partition coefficient (Wildman–Crippen LogP) is 3.31. The second-order valence-electron chi connectivity index (χ2n) is 9.05. The molecule has 4 aromatic rings. The highest BCUT2D eigenvalue weighted by Gasteiger charge is 2.31. The summed E-state index contributed by atoms with van der Waals surface area (Å²) in [4.78, 5) is 16.8. The van der Waals surface area contributed by atoms with Gasteiger partial charge in [-0.05, 0) is 50.3 Å². The Kier molecular flexibility index (Phi) is 5.79. The Labute approximate surface area is 201 Å². The highest BCUT2D eigenvalue weighted by molar-refractivity contribution is 6.01. The lowest BCUT2D eigenvalue weighted by Crippen LogP contribution is -2.37. The smallest absolute Gasteiger partial charge is 0.254 e. The fraction of sp³-hybridized carbons (Fsp3) is 0.417. The molecular formula is C24H28FN7O3. The number of pyridine rings is 1. The number of halogens is 1. The van der Waals surface area contributed by atoms with E-state index in [0.717, 1.165) is 25.7 Å². The highest BCUT2D eigenvalue weighted by atomic mass is 19.1. The molecule has 4 aromatic heterocycles. The van der Waals surface area contributed by atoms with E-state index < -0.39 is 5.82 Å². The van der Waals surface area contributed by atoms with E-state index in [0.29, 0.717) is 28.1 Å². The summed E-state index contributed by atoms with van der Waals surface area (Å²) < 4.78 is 29.5. The zero-order valence-electron chi connectivity index (χ0n) is 20.1. The Morgan fingerprint density at radius 2 is 2.03 bits per heavy atom. The van der Waals surface area contributed by atoms with Crippen molar-refractivity contribution in [2.75, 3.05) is 26.6 Å². The summed E-state index contributed by atoms with van der Waals surface area (Å²) in [6, 6.07) is 3.63. The van der Waals surface area contributed by atoms with Crippen LogP contribution in [0.2, 0.25) is 0 Å². The summed E-state index contributed by atoms with van der Waals surface area (Å²) in [5, 5.41) is 14.7. The van der Waals surface area contributed by atoms with E-state index in [2.05, 4.69) is 32.7 Å². The summed E-state index contributed by atoms with van der Waals surface area (Å²) in [6.07, 6.45) is 8.16. The number of amides is 1. The summed E-state index contributed by atoms with van der Waals surface area (Å²) >= 11 is 0. The van der Waals surface area contributed by atoms with Crippen molar-refractivity contribution in [3.05, 3.63) is 42.1 Å². The quantitative estimate of drug-likeness (QED) is 0.435. The third-order valence-corrected chi connectivity index (χ3v) is 6.90. The van der Waals surface area contributed by atoms with Crippen molar-refractivity contribution in [2.24, 2.45) is 0 Å². The van der Waals surface area contributed by atoms with E-state index >= 15 is 4.39 Å². The Morgan fingerprint density at radius 3 is 2.71 bits per heavy atom. The average Bonchev–Trinajstić information content (AvgIpc) is 3.44. The molecule has 1 saturated carbocycles. The third kappa shape index (κ3) is 4.05. The summed E-state index contributed by atoms with van der Waals surface area (Å²) in [5.74, 6) is -0.132. The van der Waals surface area contributed by atoms with Gasteiger partial charge in [0, 0.05) is 26.4 Å². The molecule has 0 unspecified atom stereocenters. The molecule has 2 N–H and O–H groups in total. The minimum absolute atomic E-state index is 0.104. The van der Waals surface area contributed by atoms with Crippen LogP contribution in [0.25, 0.3) is 22.2 Å². The maximum Gasteiger partial charge on any atom is 0.254 e. The van der Waals surface area contributed by atoms with E-state index in [1.165, 1.54) is 24.0 Å². The van der Waals surface area contributed by atoms with Crippen LogP contribution in [-0.4, -0.2) is 63.0 Å². The molecule has 1 amide bonds. The summed E-state index contributed by atoms with van der Waals surface area (Å²) in [5.41, 5.74) is 2.08. The van der Waals surface area contributed by atoms with Crippen molar-refractivity contribution in [1.29, 1.82) is 0 Å². The molecule has 0 atom stereocenters. The number of methoxy groups -OCH3 is 2. The van der Waals surface area contributed by atoms with Gasteiger partial charge in [0.2, 0.25) is 11.8 Å². The molecule has 4 heterocycles. The van der Waals surface area contributed by atoms with Crippen LogP contribution in [0.1, 0.15) is 43.0 Å². The van der Waals surface area contributed by atoms with Crippen molar-refractivity contribution in [3.8, 4) is 17.0 Å². The first-order valence-corrected chi connectivity index (χ1v) is 11.5. The lowest BCUT2D eigenvalue weighted by atomic mass is 9.83. The molecule has 11 heteroatoms. The predicted molar refractivity (Wildman–Crippen MR) is 128 cm³/mol. The molecule has 1 aliphatic carbocycles. The average molecular weight is 482 g/mol. The van der Waals surface area contributed by atoms with Gasteiger partial charge in [0.05, 0.1) is 41.7 Å². The molecule has 0 aromatic carbocycles. The van der Waals surface area contributed by atoms with Gasteiger partial charge in [-0.2, -0.15) is 10.1 Å². The van der Waals surface area contributed by atoms with E-state index in [4.69, 9.17) is 9.47 Å². The van der Waals surface area contributed by atoms with Crippen LogP contribution in [-0.2, 0) is 4.74 Å². The Morgan fingerprint density at radius 1 is 1.26 bits per heavy atom. The normalized spacial score (nSPS) is 20.3. The monoisotopic (exact) mass is 481 g/mol. The minimum Gasteiger partial charge on any atom is -0.479 e. The molecule has 0 bridgehead atoms. The number of rotatable bonds is 6. The second kappa shape index (κ2) is 8.81. The second-order valence-corrected chi connectivity index (χ2v) is 9.05. The molecular weight excluding hydrogens is 453 g/mol. The van der Waals surface area contributed by atoms with Gasteiger partial charge >= 0.3 is 0 Å². The van der Waals surface area contributed by atoms with Crippen LogP contribution >= 0.6 is 0 Å². The van der Waals surface area contributed by atoms with Crippen molar-refractivity contribution in [2.45, 2.75) is 44.2 Å². The van der Waals surface area contributed by atoms with Crippen molar-refractivity contribution in [1.82, 2.24) is 29.5 Å². The molecule has 10 nitrogen and oxygen atoms in total. The Bertz CT molecular complexity index is 1410. The maximum absolute atomic E-state index is 15.3. The maximum atomic E-state index is 15.3. The van der Waals surface area contributed by atoms with Gasteiger partial charge in [-0.25, -0.2) is 13.4 Å². The zero-order valence-corrected chi connectivity index (χ0v) is 20.1. The number of ether oxygens (including phenoxy) is 2. The molecule has 0 radical (unpaired) electrons. The first-order chi connectivity index (χ1) is 16.9. The molecule has 1 fully saturated rings. The van der Waals surface area contributed by atoms with Gasteiger partial charge < -0.3 is 20.1 Å². The fourth-order valence-electron chi connectivity index (χ4n) is 4.70. The van der Waals surface area contributed by atoms with Gasteiger partial charge in [0.15, 0.2) is 5.82 Å². The van der Waals surface area contributed by atoms with Gasteiger partial charge in [0.25, 0.3) is 5.91 Å². The number of hydrogen-bond acceptors (Lipinski definition) is 7. The third-order valence-electron chi connectivity index (χ3n) is 6.90. The topological polar surface area (TPSA) is 107 Å². The number of carbonyl (C=O) groups excluding carboxylic acids is 1. The Hall–Kier alpha value is -3.73. The van der Waals surface area contributed by atoms with Gasteiger partial charge in [0.1, 0.15) is 5.52 Å².